The van der Waals surface area contributed by atoms with Crippen molar-refractivity contribution in [1.82, 2.24) is 0 Å². The molecule has 0 heterocycles. The van der Waals surface area contributed by atoms with Gasteiger partial charge in [0.05, 0.1) is 6.61 Å². The van der Waals surface area contributed by atoms with Crippen LogP contribution in [0.25, 0.3) is 0 Å². The lowest BCUT2D eigenvalue weighted by Crippen LogP contribution is -1.97. The molecule has 0 aromatic heterocycles. The molecule has 0 aliphatic carbocycles. The van der Waals surface area contributed by atoms with Gasteiger partial charge in [0.15, 0.2) is 0 Å². The van der Waals surface area contributed by atoms with Gasteiger partial charge in [-0.3, -0.25) is 0 Å². The second-order valence-corrected chi connectivity index (χ2v) is 4.41. The van der Waals surface area contributed by atoms with Gasteiger partial charge >= 0.3 is 0 Å². The Balaban J connectivity index is 2.30. The summed E-state index contributed by atoms with van der Waals surface area (Å²) in [6, 6.07) is 10.9. The molecule has 2 aromatic rings. The van der Waals surface area contributed by atoms with Crippen LogP contribution in [0.5, 0.6) is 17.2 Å². The highest BCUT2D eigenvalue weighted by Crippen LogP contribution is 2.31. The van der Waals surface area contributed by atoms with Crippen molar-refractivity contribution in [3.63, 3.8) is 0 Å². The van der Waals surface area contributed by atoms with Gasteiger partial charge in [0.1, 0.15) is 34.7 Å². The Bertz CT molecular complexity index is 680. The first-order valence-corrected chi connectivity index (χ1v) is 6.54. The van der Waals surface area contributed by atoms with Crippen molar-refractivity contribution in [2.45, 2.75) is 13.3 Å². The molecule has 2 rings (SSSR count). The van der Waals surface area contributed by atoms with E-state index in [1.54, 1.807) is 24.3 Å². The second kappa shape index (κ2) is 6.62. The molecule has 0 unspecified atom stereocenters. The van der Waals surface area contributed by atoms with Crippen LogP contribution in [0.2, 0.25) is 0 Å². The molecule has 108 valence electrons. The highest BCUT2D eigenvalue weighted by molar-refractivity contribution is 5.53. The number of nitriles is 1. The molecule has 0 aliphatic heterocycles. The number of halogens is 1. The number of rotatable bonds is 5. The van der Waals surface area contributed by atoms with Gasteiger partial charge in [-0.05, 0) is 18.6 Å². The lowest BCUT2D eigenvalue weighted by Gasteiger charge is -2.11. The van der Waals surface area contributed by atoms with E-state index >= 15 is 0 Å². The molecular formula is C16H15FN2O2. The highest BCUT2D eigenvalue weighted by Gasteiger charge is 2.11. The van der Waals surface area contributed by atoms with E-state index in [0.29, 0.717) is 23.8 Å². The van der Waals surface area contributed by atoms with Crippen molar-refractivity contribution in [1.29, 1.82) is 5.26 Å². The smallest absolute Gasteiger partial charge is 0.148 e. The zero-order valence-electron chi connectivity index (χ0n) is 11.6. The summed E-state index contributed by atoms with van der Waals surface area (Å²) in [4.78, 5) is 0. The van der Waals surface area contributed by atoms with Crippen LogP contribution in [0.4, 0.5) is 10.1 Å². The number of nitrogens with zero attached hydrogens (tertiary/aromatic N) is 1. The fourth-order valence-electron chi connectivity index (χ4n) is 1.78. The van der Waals surface area contributed by atoms with Crippen LogP contribution in [0.1, 0.15) is 18.9 Å². The van der Waals surface area contributed by atoms with Gasteiger partial charge in [-0.2, -0.15) is 5.26 Å². The fourth-order valence-corrected chi connectivity index (χ4v) is 1.78. The molecule has 0 saturated heterocycles. The SMILES string of the molecule is CCCOc1cc(N)cc(Oc2cccc(F)c2C#N)c1. The third kappa shape index (κ3) is 3.63. The van der Waals surface area contributed by atoms with Gasteiger partial charge in [-0.25, -0.2) is 4.39 Å². The topological polar surface area (TPSA) is 68.3 Å². The molecule has 0 bridgehead atoms. The first-order valence-electron chi connectivity index (χ1n) is 6.54. The van der Waals surface area contributed by atoms with E-state index in [1.807, 2.05) is 6.92 Å². The Labute approximate surface area is 122 Å². The summed E-state index contributed by atoms with van der Waals surface area (Å²) < 4.78 is 24.6. The summed E-state index contributed by atoms with van der Waals surface area (Å²) in [5.74, 6) is 0.482. The van der Waals surface area contributed by atoms with E-state index in [1.165, 1.54) is 18.2 Å². The monoisotopic (exact) mass is 286 g/mol. The van der Waals surface area contributed by atoms with Crippen molar-refractivity contribution in [3.8, 4) is 23.3 Å². The molecule has 0 fully saturated rings. The van der Waals surface area contributed by atoms with Crippen molar-refractivity contribution < 1.29 is 13.9 Å². The standard InChI is InChI=1S/C16H15FN2O2/c1-2-6-20-12-7-11(19)8-13(9-12)21-16-5-3-4-15(17)14(16)10-18/h3-5,7-9H,2,6,19H2,1H3. The number of nitrogens with two attached hydrogens (primary N) is 1. The normalized spacial score (nSPS) is 9.95. The van der Waals surface area contributed by atoms with Crippen LogP contribution in [0, 0.1) is 17.1 Å². The van der Waals surface area contributed by atoms with Gasteiger partial charge < -0.3 is 15.2 Å². The summed E-state index contributed by atoms with van der Waals surface area (Å²) >= 11 is 0. The summed E-state index contributed by atoms with van der Waals surface area (Å²) in [5.41, 5.74) is 6.11. The summed E-state index contributed by atoms with van der Waals surface area (Å²) in [6.07, 6.45) is 0.869. The third-order valence-corrected chi connectivity index (χ3v) is 2.69. The molecule has 0 saturated carbocycles. The lowest BCUT2D eigenvalue weighted by atomic mass is 10.2. The van der Waals surface area contributed by atoms with Crippen molar-refractivity contribution in [2.24, 2.45) is 0 Å². The molecule has 5 heteroatoms. The zero-order valence-corrected chi connectivity index (χ0v) is 11.6. The predicted molar refractivity (Wildman–Crippen MR) is 77.8 cm³/mol. The highest BCUT2D eigenvalue weighted by atomic mass is 19.1. The summed E-state index contributed by atoms with van der Waals surface area (Å²) in [6.45, 7) is 2.56. The van der Waals surface area contributed by atoms with Crippen molar-refractivity contribution >= 4 is 5.69 Å². The van der Waals surface area contributed by atoms with E-state index in [2.05, 4.69) is 0 Å². The number of benzene rings is 2. The zero-order chi connectivity index (χ0) is 15.2. The Morgan fingerprint density at radius 3 is 2.71 bits per heavy atom. The Hall–Kier alpha value is -2.74. The maximum atomic E-state index is 13.5. The van der Waals surface area contributed by atoms with Crippen LogP contribution in [-0.4, -0.2) is 6.61 Å². The van der Waals surface area contributed by atoms with Gasteiger partial charge in [0.25, 0.3) is 0 Å². The van der Waals surface area contributed by atoms with E-state index in [9.17, 15) is 4.39 Å². The van der Waals surface area contributed by atoms with E-state index in [-0.39, 0.29) is 11.3 Å². The molecule has 2 N–H and O–H groups in total. The van der Waals surface area contributed by atoms with Crippen molar-refractivity contribution in [2.75, 3.05) is 12.3 Å². The quantitative estimate of drug-likeness (QED) is 0.847. The number of ether oxygens (including phenoxy) is 2. The minimum absolute atomic E-state index is 0.143. The van der Waals surface area contributed by atoms with Crippen LogP contribution >= 0.6 is 0 Å². The van der Waals surface area contributed by atoms with E-state index in [4.69, 9.17) is 20.5 Å². The number of nitrogen functional groups attached to an aromatic ring is 1. The van der Waals surface area contributed by atoms with Gasteiger partial charge in [0.2, 0.25) is 0 Å². The summed E-state index contributed by atoms with van der Waals surface area (Å²) in [5, 5.41) is 8.98. The van der Waals surface area contributed by atoms with Gasteiger partial charge in [0, 0.05) is 23.9 Å². The Morgan fingerprint density at radius 1 is 1.24 bits per heavy atom. The number of anilines is 1. The molecule has 0 atom stereocenters. The Kier molecular flexibility index (Phi) is 4.62. The first kappa shape index (κ1) is 14.7. The predicted octanol–water partition coefficient (Wildman–Crippen LogP) is 3.86. The maximum absolute atomic E-state index is 13.5. The van der Waals surface area contributed by atoms with Crippen molar-refractivity contribution in [3.05, 3.63) is 47.8 Å². The van der Waals surface area contributed by atoms with E-state index < -0.39 is 5.82 Å². The molecular weight excluding hydrogens is 271 g/mol. The van der Waals surface area contributed by atoms with Crippen LogP contribution in [0.3, 0.4) is 0 Å². The molecule has 4 nitrogen and oxygen atoms in total. The van der Waals surface area contributed by atoms with Crippen LogP contribution in [-0.2, 0) is 0 Å². The first-order chi connectivity index (χ1) is 10.1. The minimum Gasteiger partial charge on any atom is -0.493 e. The molecule has 21 heavy (non-hydrogen) atoms. The van der Waals surface area contributed by atoms with E-state index in [0.717, 1.165) is 6.42 Å². The van der Waals surface area contributed by atoms with Crippen LogP contribution < -0.4 is 15.2 Å². The average molecular weight is 286 g/mol. The van der Waals surface area contributed by atoms with Crippen LogP contribution in [0.15, 0.2) is 36.4 Å². The largest absolute Gasteiger partial charge is 0.493 e. The number of hydrogen-bond acceptors (Lipinski definition) is 4. The summed E-state index contributed by atoms with van der Waals surface area (Å²) in [7, 11) is 0. The molecule has 2 aromatic carbocycles. The maximum Gasteiger partial charge on any atom is 0.148 e. The molecule has 0 amide bonds. The molecule has 0 spiro atoms. The average Bonchev–Trinajstić information content (AvgIpc) is 2.45. The molecule has 0 aliphatic rings. The van der Waals surface area contributed by atoms with Gasteiger partial charge in [-0.15, -0.1) is 0 Å². The van der Waals surface area contributed by atoms with Gasteiger partial charge in [-0.1, -0.05) is 13.0 Å². The second-order valence-electron chi connectivity index (χ2n) is 4.41. The minimum atomic E-state index is -0.624. The number of hydrogen-bond donors (Lipinski definition) is 1. The third-order valence-electron chi connectivity index (χ3n) is 2.69. The Morgan fingerprint density at radius 2 is 2.00 bits per heavy atom. The lowest BCUT2D eigenvalue weighted by molar-refractivity contribution is 0.316. The fraction of sp³-hybridized carbons (Fsp3) is 0.188. The molecule has 0 radical (unpaired) electrons.